The molecule has 0 aromatic heterocycles. The van der Waals surface area contributed by atoms with E-state index < -0.39 is 30.4 Å². The number of carboxylic acids is 2. The van der Waals surface area contributed by atoms with Crippen LogP contribution in [-0.2, 0) is 40.2 Å². The first kappa shape index (κ1) is 28.8. The molecule has 0 saturated heterocycles. The predicted octanol–water partition coefficient (Wildman–Crippen LogP) is 2.66. The normalized spacial score (nSPS) is 13.9. The van der Waals surface area contributed by atoms with Crippen molar-refractivity contribution in [1.29, 1.82) is 0 Å². The van der Waals surface area contributed by atoms with E-state index in [4.69, 9.17) is 21.3 Å². The number of esters is 1. The number of aliphatic carboxylic acids is 2. The highest BCUT2D eigenvalue weighted by Gasteiger charge is 2.30. The topological polar surface area (TPSA) is 186 Å². The number of nitrogens with zero attached hydrogens (tertiary/aromatic N) is 2. The number of guanidine groups is 1. The van der Waals surface area contributed by atoms with Gasteiger partial charge < -0.3 is 31.3 Å². The number of amides is 1. The SMILES string of the molecule is NC(N)=Nc1ccc(C(=O)Oc2ccc3c(c2)CCC(C(=O)N(CC(=O)O)Cc2ccc(CC(=O)O)cc2)C3)cc1. The fourth-order valence-electron chi connectivity index (χ4n) is 4.78. The van der Waals surface area contributed by atoms with E-state index in [9.17, 15) is 24.3 Å². The standard InChI is InChI=1S/C30H30N4O7/c31-30(32)33-24-10-7-20(8-11-24)29(40)41-25-12-9-21-14-23(6-5-22(21)15-25)28(39)34(17-27(37)38)16-19-3-1-18(2-4-19)13-26(35)36/h1-4,7-12,15,23H,5-6,13-14,16-17H2,(H,35,36)(H,37,38)(H4,31,32,33). The van der Waals surface area contributed by atoms with E-state index in [2.05, 4.69) is 4.99 Å². The van der Waals surface area contributed by atoms with Gasteiger partial charge in [-0.1, -0.05) is 30.3 Å². The van der Waals surface area contributed by atoms with Gasteiger partial charge in [0, 0.05) is 12.5 Å². The number of aliphatic imine (C=N–C) groups is 1. The largest absolute Gasteiger partial charge is 0.481 e. The molecule has 0 spiro atoms. The van der Waals surface area contributed by atoms with Gasteiger partial charge in [-0.25, -0.2) is 9.79 Å². The lowest BCUT2D eigenvalue weighted by atomic mass is 9.83. The van der Waals surface area contributed by atoms with Gasteiger partial charge in [-0.2, -0.15) is 0 Å². The molecule has 1 amide bonds. The fourth-order valence-corrected chi connectivity index (χ4v) is 4.78. The molecular formula is C30H30N4O7. The summed E-state index contributed by atoms with van der Waals surface area (Å²) >= 11 is 0. The van der Waals surface area contributed by atoms with Gasteiger partial charge in [0.2, 0.25) is 5.91 Å². The van der Waals surface area contributed by atoms with Crippen LogP contribution in [-0.4, -0.2) is 51.4 Å². The number of carbonyl (C=O) groups excluding carboxylic acids is 2. The van der Waals surface area contributed by atoms with E-state index in [1.54, 1.807) is 60.7 Å². The lowest BCUT2D eigenvalue weighted by molar-refractivity contribution is -0.147. The van der Waals surface area contributed by atoms with Crippen molar-refractivity contribution in [2.24, 2.45) is 22.4 Å². The summed E-state index contributed by atoms with van der Waals surface area (Å²) < 4.78 is 5.54. The van der Waals surface area contributed by atoms with Crippen molar-refractivity contribution in [2.45, 2.75) is 32.2 Å². The van der Waals surface area contributed by atoms with Crippen molar-refractivity contribution in [3.05, 3.63) is 94.5 Å². The van der Waals surface area contributed by atoms with E-state index in [-0.39, 0.29) is 24.8 Å². The van der Waals surface area contributed by atoms with Crippen molar-refractivity contribution < 1.29 is 34.1 Å². The van der Waals surface area contributed by atoms with Crippen molar-refractivity contribution in [1.82, 2.24) is 4.90 Å². The monoisotopic (exact) mass is 558 g/mol. The van der Waals surface area contributed by atoms with Crippen LogP contribution in [0.1, 0.15) is 39.0 Å². The van der Waals surface area contributed by atoms with Gasteiger partial charge in [0.25, 0.3) is 0 Å². The van der Waals surface area contributed by atoms with Gasteiger partial charge >= 0.3 is 17.9 Å². The molecule has 0 bridgehead atoms. The van der Waals surface area contributed by atoms with Gasteiger partial charge in [-0.05, 0) is 77.9 Å². The van der Waals surface area contributed by atoms with E-state index in [1.807, 2.05) is 6.07 Å². The van der Waals surface area contributed by atoms with Crippen LogP contribution in [0, 0.1) is 5.92 Å². The average molecular weight is 559 g/mol. The molecule has 41 heavy (non-hydrogen) atoms. The van der Waals surface area contributed by atoms with E-state index in [0.717, 1.165) is 11.1 Å². The van der Waals surface area contributed by atoms with E-state index in [0.29, 0.717) is 47.4 Å². The maximum atomic E-state index is 13.4. The van der Waals surface area contributed by atoms with Gasteiger partial charge in [-0.15, -0.1) is 0 Å². The summed E-state index contributed by atoms with van der Waals surface area (Å²) in [5.41, 5.74) is 14.8. The summed E-state index contributed by atoms with van der Waals surface area (Å²) in [5, 5.41) is 18.4. The smallest absolute Gasteiger partial charge is 0.343 e. The minimum absolute atomic E-state index is 0.0859. The van der Waals surface area contributed by atoms with Crippen LogP contribution < -0.4 is 16.2 Å². The van der Waals surface area contributed by atoms with E-state index >= 15 is 0 Å². The first-order valence-electron chi connectivity index (χ1n) is 12.9. The first-order valence-corrected chi connectivity index (χ1v) is 12.9. The van der Waals surface area contributed by atoms with Crippen molar-refractivity contribution >= 4 is 35.5 Å². The molecule has 212 valence electrons. The zero-order valence-electron chi connectivity index (χ0n) is 22.2. The molecule has 0 saturated carbocycles. The second-order valence-corrected chi connectivity index (χ2v) is 9.82. The molecule has 1 aliphatic rings. The molecule has 4 rings (SSSR count). The number of aryl methyl sites for hydroxylation is 1. The summed E-state index contributed by atoms with van der Waals surface area (Å²) in [6.45, 7) is -0.343. The highest BCUT2D eigenvalue weighted by Crippen LogP contribution is 2.30. The van der Waals surface area contributed by atoms with Crippen molar-refractivity contribution in [2.75, 3.05) is 6.54 Å². The highest BCUT2D eigenvalue weighted by molar-refractivity contribution is 5.91. The van der Waals surface area contributed by atoms with E-state index in [1.165, 1.54) is 4.90 Å². The molecule has 0 heterocycles. The number of hydrogen-bond acceptors (Lipinski definition) is 6. The quantitative estimate of drug-likeness (QED) is 0.126. The lowest BCUT2D eigenvalue weighted by Gasteiger charge is -2.30. The Kier molecular flexibility index (Phi) is 8.98. The number of fused-ring (bicyclic) bond motifs is 1. The van der Waals surface area contributed by atoms with Gasteiger partial charge in [0.15, 0.2) is 5.96 Å². The second kappa shape index (κ2) is 12.8. The molecule has 3 aromatic carbocycles. The van der Waals surface area contributed by atoms with Crippen LogP contribution in [0.3, 0.4) is 0 Å². The van der Waals surface area contributed by atoms with Crippen LogP contribution in [0.4, 0.5) is 5.69 Å². The van der Waals surface area contributed by atoms with Crippen LogP contribution in [0.15, 0.2) is 71.7 Å². The van der Waals surface area contributed by atoms with Crippen LogP contribution in [0.25, 0.3) is 0 Å². The summed E-state index contributed by atoms with van der Waals surface area (Å²) in [6, 6.07) is 18.3. The Morgan fingerprint density at radius 2 is 1.56 bits per heavy atom. The zero-order chi connectivity index (χ0) is 29.5. The molecule has 3 aromatic rings. The lowest BCUT2D eigenvalue weighted by Crippen LogP contribution is -2.41. The molecule has 0 aliphatic heterocycles. The predicted molar refractivity (Wildman–Crippen MR) is 150 cm³/mol. The zero-order valence-corrected chi connectivity index (χ0v) is 22.2. The number of nitrogens with two attached hydrogens (primary N) is 2. The number of hydrogen-bond donors (Lipinski definition) is 4. The molecule has 0 radical (unpaired) electrons. The van der Waals surface area contributed by atoms with Gasteiger partial charge in [-0.3, -0.25) is 14.4 Å². The minimum Gasteiger partial charge on any atom is -0.481 e. The van der Waals surface area contributed by atoms with Crippen LogP contribution in [0.5, 0.6) is 5.75 Å². The molecule has 6 N–H and O–H groups in total. The van der Waals surface area contributed by atoms with Gasteiger partial charge in [0.05, 0.1) is 17.7 Å². The van der Waals surface area contributed by atoms with Gasteiger partial charge in [0.1, 0.15) is 12.3 Å². The molecular weight excluding hydrogens is 528 g/mol. The number of ether oxygens (including phenoxy) is 1. The average Bonchev–Trinajstić information content (AvgIpc) is 2.92. The molecule has 11 heteroatoms. The Balaban J connectivity index is 1.40. The Morgan fingerprint density at radius 1 is 0.878 bits per heavy atom. The third-order valence-electron chi connectivity index (χ3n) is 6.72. The minimum atomic E-state index is -1.12. The van der Waals surface area contributed by atoms with Crippen LogP contribution in [0.2, 0.25) is 0 Å². The van der Waals surface area contributed by atoms with Crippen LogP contribution >= 0.6 is 0 Å². The Hall–Kier alpha value is -5.19. The third-order valence-corrected chi connectivity index (χ3v) is 6.72. The maximum Gasteiger partial charge on any atom is 0.343 e. The number of carbonyl (C=O) groups is 4. The molecule has 11 nitrogen and oxygen atoms in total. The maximum absolute atomic E-state index is 13.4. The van der Waals surface area contributed by atoms with Crippen molar-refractivity contribution in [3.8, 4) is 5.75 Å². The molecule has 1 unspecified atom stereocenters. The second-order valence-electron chi connectivity index (χ2n) is 9.82. The first-order chi connectivity index (χ1) is 19.6. The summed E-state index contributed by atoms with van der Waals surface area (Å²) in [4.78, 5) is 53.7. The Bertz CT molecular complexity index is 1480. The number of benzene rings is 3. The number of rotatable bonds is 10. The molecule has 1 aliphatic carbocycles. The summed E-state index contributed by atoms with van der Waals surface area (Å²) in [6.07, 6.45) is 1.40. The fraction of sp³-hybridized carbons (Fsp3) is 0.233. The molecule has 1 atom stereocenters. The molecule has 0 fully saturated rings. The summed E-state index contributed by atoms with van der Waals surface area (Å²) in [5.74, 6) is -2.96. The summed E-state index contributed by atoms with van der Waals surface area (Å²) in [7, 11) is 0. The van der Waals surface area contributed by atoms with Crippen molar-refractivity contribution in [3.63, 3.8) is 0 Å². The Morgan fingerprint density at radius 3 is 2.20 bits per heavy atom. The number of carboxylic acid groups (broad SMARTS) is 2. The Labute approximate surface area is 236 Å². The third kappa shape index (κ3) is 7.91. The highest BCUT2D eigenvalue weighted by atomic mass is 16.5.